The number of sulfone groups is 1. The Bertz CT molecular complexity index is 1370. The van der Waals surface area contributed by atoms with Crippen molar-refractivity contribution in [1.29, 1.82) is 10.5 Å². The van der Waals surface area contributed by atoms with E-state index in [9.17, 15) is 8.42 Å². The number of para-hydroxylation sites is 1. The normalized spacial score (nSPS) is 10.3. The predicted octanol–water partition coefficient (Wildman–Crippen LogP) is 5.36. The van der Waals surface area contributed by atoms with Gasteiger partial charge in [0.1, 0.15) is 17.2 Å². The highest BCUT2D eigenvalue weighted by Crippen LogP contribution is 2.26. The van der Waals surface area contributed by atoms with Crippen molar-refractivity contribution < 1.29 is 8.42 Å². The largest absolute Gasteiger partial charge is 0.349 e. The van der Waals surface area contributed by atoms with Gasteiger partial charge in [-0.15, -0.1) is 11.8 Å². The summed E-state index contributed by atoms with van der Waals surface area (Å²) in [4.78, 5) is 0.261. The van der Waals surface area contributed by atoms with Crippen molar-refractivity contribution in [3.8, 4) is 12.1 Å². The van der Waals surface area contributed by atoms with Crippen LogP contribution in [0.2, 0.25) is 0 Å². The maximum Gasteiger partial charge on any atom is 0.206 e. The Morgan fingerprint density at radius 1 is 0.765 bits per heavy atom. The summed E-state index contributed by atoms with van der Waals surface area (Å²) in [5.41, 5.74) is 2.00. The Morgan fingerprint density at radius 2 is 1.21 bits per heavy atom. The molecule has 0 radical (unpaired) electrons. The lowest BCUT2D eigenvalue weighted by molar-refractivity contribution is 0.596. The number of hydrogen-bond donors (Lipinski definition) is 3. The third kappa shape index (κ3) is 6.15. The number of nitriles is 2. The third-order valence-electron chi connectivity index (χ3n) is 4.53. The number of thioether (sulfide) groups is 1. The van der Waals surface area contributed by atoms with Gasteiger partial charge in [0.2, 0.25) is 9.84 Å². The molecular weight excluding hydrogens is 486 g/mol. The summed E-state index contributed by atoms with van der Waals surface area (Å²) in [5.74, 6) is 0. The number of rotatable bonds is 7. The Labute approximate surface area is 208 Å². The van der Waals surface area contributed by atoms with E-state index in [0.717, 1.165) is 5.69 Å². The molecular formula is C24H19N5O2S3. The van der Waals surface area contributed by atoms with Crippen LogP contribution in [-0.2, 0) is 9.84 Å². The maximum atomic E-state index is 13.0. The van der Waals surface area contributed by atoms with E-state index in [1.807, 2.05) is 42.5 Å². The standard InChI is InChI=1S/C24H19N5O2S3/c1-33-23(17(15-25)16-26)27-19-7-11-21(12-8-19)34(30,31)22-13-9-20(10-14-22)29-24(32)28-18-5-3-2-4-6-18/h2-14,27H,1H3,(H2,28,29,32). The van der Waals surface area contributed by atoms with Crippen LogP contribution < -0.4 is 16.0 Å². The molecule has 10 heteroatoms. The zero-order chi connectivity index (χ0) is 24.6. The number of nitrogens with one attached hydrogen (secondary N) is 3. The molecule has 0 heterocycles. The molecule has 0 unspecified atom stereocenters. The van der Waals surface area contributed by atoms with Gasteiger partial charge in [0.15, 0.2) is 10.7 Å². The van der Waals surface area contributed by atoms with Crippen LogP contribution >= 0.6 is 24.0 Å². The van der Waals surface area contributed by atoms with Crippen molar-refractivity contribution in [2.24, 2.45) is 0 Å². The highest BCUT2D eigenvalue weighted by atomic mass is 32.2. The molecule has 0 aliphatic heterocycles. The molecule has 170 valence electrons. The van der Waals surface area contributed by atoms with Gasteiger partial charge in [0.05, 0.1) is 9.79 Å². The van der Waals surface area contributed by atoms with Crippen molar-refractivity contribution in [3.63, 3.8) is 0 Å². The van der Waals surface area contributed by atoms with Crippen LogP contribution in [0.3, 0.4) is 0 Å². The van der Waals surface area contributed by atoms with E-state index in [0.29, 0.717) is 21.5 Å². The Morgan fingerprint density at radius 3 is 1.65 bits per heavy atom. The zero-order valence-corrected chi connectivity index (χ0v) is 20.4. The number of benzene rings is 3. The van der Waals surface area contributed by atoms with Gasteiger partial charge in [-0.1, -0.05) is 18.2 Å². The Hall–Kier alpha value is -3.83. The zero-order valence-electron chi connectivity index (χ0n) is 17.9. The molecule has 0 aliphatic carbocycles. The van der Waals surface area contributed by atoms with Gasteiger partial charge in [0, 0.05) is 17.1 Å². The summed E-state index contributed by atoms with van der Waals surface area (Å²) in [6, 6.07) is 25.5. The van der Waals surface area contributed by atoms with Gasteiger partial charge in [-0.2, -0.15) is 10.5 Å². The van der Waals surface area contributed by atoms with Crippen LogP contribution in [0, 0.1) is 22.7 Å². The lowest BCUT2D eigenvalue weighted by Gasteiger charge is -2.12. The first-order valence-corrected chi connectivity index (χ1v) is 12.9. The van der Waals surface area contributed by atoms with E-state index in [1.165, 1.54) is 36.0 Å². The Kier molecular flexibility index (Phi) is 8.28. The highest BCUT2D eigenvalue weighted by Gasteiger charge is 2.18. The summed E-state index contributed by atoms with van der Waals surface area (Å²) >= 11 is 6.52. The van der Waals surface area contributed by atoms with E-state index >= 15 is 0 Å². The number of hydrogen-bond acceptors (Lipinski definition) is 7. The van der Waals surface area contributed by atoms with Crippen LogP contribution in [0.25, 0.3) is 0 Å². The van der Waals surface area contributed by atoms with E-state index in [1.54, 1.807) is 30.5 Å². The van der Waals surface area contributed by atoms with E-state index in [-0.39, 0.29) is 15.4 Å². The fourth-order valence-corrected chi connectivity index (χ4v) is 4.87. The number of thiocarbonyl (C=S) groups is 1. The van der Waals surface area contributed by atoms with E-state index in [2.05, 4.69) is 16.0 Å². The fraction of sp³-hybridized carbons (Fsp3) is 0.0417. The van der Waals surface area contributed by atoms with E-state index < -0.39 is 9.84 Å². The quantitative estimate of drug-likeness (QED) is 0.288. The summed E-state index contributed by atoms with van der Waals surface area (Å²) in [6.45, 7) is 0. The number of allylic oxidation sites excluding steroid dienone is 1. The predicted molar refractivity (Wildman–Crippen MR) is 140 cm³/mol. The minimum absolute atomic E-state index is 0.0450. The minimum Gasteiger partial charge on any atom is -0.349 e. The molecule has 7 nitrogen and oxygen atoms in total. The van der Waals surface area contributed by atoms with Crippen LogP contribution in [0.15, 0.2) is 99.3 Å². The van der Waals surface area contributed by atoms with Crippen molar-refractivity contribution in [2.45, 2.75) is 9.79 Å². The monoisotopic (exact) mass is 505 g/mol. The van der Waals surface area contributed by atoms with Gasteiger partial charge < -0.3 is 16.0 Å². The highest BCUT2D eigenvalue weighted by molar-refractivity contribution is 8.02. The van der Waals surface area contributed by atoms with Gasteiger partial charge in [-0.3, -0.25) is 0 Å². The fourth-order valence-electron chi connectivity index (χ4n) is 2.86. The van der Waals surface area contributed by atoms with Crippen molar-refractivity contribution in [3.05, 3.63) is 89.5 Å². The maximum absolute atomic E-state index is 13.0. The molecule has 0 saturated carbocycles. The van der Waals surface area contributed by atoms with Gasteiger partial charge >= 0.3 is 0 Å². The molecule has 0 spiro atoms. The third-order valence-corrected chi connectivity index (χ3v) is 7.24. The summed E-state index contributed by atoms with van der Waals surface area (Å²) < 4.78 is 26.0. The van der Waals surface area contributed by atoms with Crippen LogP contribution in [0.1, 0.15) is 0 Å². The second-order valence-electron chi connectivity index (χ2n) is 6.75. The summed E-state index contributed by atoms with van der Waals surface area (Å²) in [6.07, 6.45) is 1.73. The van der Waals surface area contributed by atoms with Crippen molar-refractivity contribution >= 4 is 56.0 Å². The smallest absolute Gasteiger partial charge is 0.206 e. The van der Waals surface area contributed by atoms with Crippen LogP contribution in [0.4, 0.5) is 17.1 Å². The minimum atomic E-state index is -3.74. The SMILES string of the molecule is CSC(Nc1ccc(S(=O)(=O)c2ccc(NC(=S)Nc3ccccc3)cc2)cc1)=C(C#N)C#N. The van der Waals surface area contributed by atoms with Crippen molar-refractivity contribution in [1.82, 2.24) is 0 Å². The molecule has 0 saturated heterocycles. The molecule has 0 aliphatic rings. The topological polar surface area (TPSA) is 118 Å². The molecule has 0 amide bonds. The molecule has 0 aromatic heterocycles. The summed E-state index contributed by atoms with van der Waals surface area (Å²) in [5, 5.41) is 27.9. The number of anilines is 3. The second kappa shape index (κ2) is 11.3. The van der Waals surface area contributed by atoms with Gasteiger partial charge in [0.25, 0.3) is 0 Å². The molecule has 3 aromatic carbocycles. The Balaban J connectivity index is 1.71. The molecule has 0 fully saturated rings. The summed E-state index contributed by atoms with van der Waals surface area (Å²) in [7, 11) is -3.74. The molecule has 3 N–H and O–H groups in total. The molecule has 3 rings (SSSR count). The lowest BCUT2D eigenvalue weighted by Crippen LogP contribution is -2.18. The van der Waals surface area contributed by atoms with E-state index in [4.69, 9.17) is 22.7 Å². The molecule has 0 bridgehead atoms. The average molecular weight is 506 g/mol. The van der Waals surface area contributed by atoms with Crippen molar-refractivity contribution in [2.75, 3.05) is 22.2 Å². The first kappa shape index (κ1) is 24.8. The molecule has 0 atom stereocenters. The first-order chi connectivity index (χ1) is 16.4. The van der Waals surface area contributed by atoms with Gasteiger partial charge in [-0.25, -0.2) is 8.42 Å². The van der Waals surface area contributed by atoms with Crippen LogP contribution in [-0.4, -0.2) is 19.8 Å². The van der Waals surface area contributed by atoms with Gasteiger partial charge in [-0.05, 0) is 79.1 Å². The molecule has 34 heavy (non-hydrogen) atoms. The molecule has 3 aromatic rings. The lowest BCUT2D eigenvalue weighted by atomic mass is 10.3. The second-order valence-corrected chi connectivity index (χ2v) is 9.93. The first-order valence-electron chi connectivity index (χ1n) is 9.81. The average Bonchev–Trinajstić information content (AvgIpc) is 2.85. The number of nitrogens with zero attached hydrogens (tertiary/aromatic N) is 2. The van der Waals surface area contributed by atoms with Crippen LogP contribution in [0.5, 0.6) is 0 Å².